The van der Waals surface area contributed by atoms with Crippen LogP contribution in [0.4, 0.5) is 5.82 Å². The van der Waals surface area contributed by atoms with E-state index in [0.29, 0.717) is 5.91 Å². The fourth-order valence-electron chi connectivity index (χ4n) is 4.06. The third-order valence-corrected chi connectivity index (χ3v) is 6.63. The molecule has 1 amide bonds. The van der Waals surface area contributed by atoms with Crippen LogP contribution in [0.15, 0.2) is 12.4 Å². The molecule has 0 aromatic carbocycles. The highest BCUT2D eigenvalue weighted by Crippen LogP contribution is 2.33. The largest absolute Gasteiger partial charge is 0.355 e. The summed E-state index contributed by atoms with van der Waals surface area (Å²) in [5, 5.41) is 1.15. The zero-order valence-electron chi connectivity index (χ0n) is 14.9. The molecule has 0 radical (unpaired) electrons. The van der Waals surface area contributed by atoms with Crippen LogP contribution in [0, 0.1) is 5.92 Å². The number of rotatable bonds is 3. The molecular weight excluding hydrogens is 332 g/mol. The lowest BCUT2D eigenvalue weighted by atomic mass is 9.95. The number of likely N-dealkylation sites (tertiary alicyclic amines) is 1. The Morgan fingerprint density at radius 3 is 2.84 bits per heavy atom. The minimum absolute atomic E-state index is 0.112. The molecule has 0 saturated carbocycles. The number of thiophene rings is 1. The highest BCUT2D eigenvalue weighted by atomic mass is 32.1. The molecule has 0 spiro atoms. The second kappa shape index (κ2) is 7.28. The van der Waals surface area contributed by atoms with Gasteiger partial charge in [-0.25, -0.2) is 9.97 Å². The fourth-order valence-corrected chi connectivity index (χ4v) is 4.99. The van der Waals surface area contributed by atoms with Crippen molar-refractivity contribution in [2.45, 2.75) is 45.4 Å². The van der Waals surface area contributed by atoms with E-state index in [1.807, 2.05) is 0 Å². The van der Waals surface area contributed by atoms with Crippen LogP contribution in [0.3, 0.4) is 0 Å². The van der Waals surface area contributed by atoms with Crippen molar-refractivity contribution < 1.29 is 4.79 Å². The summed E-state index contributed by atoms with van der Waals surface area (Å²) in [4.78, 5) is 28.7. The molecule has 1 atom stereocenters. The normalized spacial score (nSPS) is 21.7. The molecule has 5 nitrogen and oxygen atoms in total. The number of anilines is 1. The predicted molar refractivity (Wildman–Crippen MR) is 102 cm³/mol. The van der Waals surface area contributed by atoms with Crippen molar-refractivity contribution in [2.75, 3.05) is 31.1 Å². The number of nitrogens with zero attached hydrogens (tertiary/aromatic N) is 4. The SMILES string of the molecule is CCc1cc2c(N3CCCC(C(=O)N4CCCCC4)C3)ncnc2s1. The van der Waals surface area contributed by atoms with Crippen LogP contribution in [-0.2, 0) is 11.2 Å². The lowest BCUT2D eigenvalue weighted by Gasteiger charge is -2.36. The van der Waals surface area contributed by atoms with Gasteiger partial charge in [0.25, 0.3) is 0 Å². The Bertz CT molecular complexity index is 753. The van der Waals surface area contributed by atoms with E-state index in [1.54, 1.807) is 17.7 Å². The van der Waals surface area contributed by atoms with Crippen molar-refractivity contribution in [3.63, 3.8) is 0 Å². The molecule has 2 saturated heterocycles. The van der Waals surface area contributed by atoms with E-state index >= 15 is 0 Å². The second-order valence-corrected chi connectivity index (χ2v) is 8.27. The van der Waals surface area contributed by atoms with E-state index in [-0.39, 0.29) is 5.92 Å². The second-order valence-electron chi connectivity index (χ2n) is 7.15. The molecule has 6 heteroatoms. The van der Waals surface area contributed by atoms with E-state index in [4.69, 9.17) is 0 Å². The molecular formula is C19H26N4OS. The van der Waals surface area contributed by atoms with Crippen molar-refractivity contribution in [1.29, 1.82) is 0 Å². The number of piperidine rings is 2. The van der Waals surface area contributed by atoms with Gasteiger partial charge < -0.3 is 9.80 Å². The van der Waals surface area contributed by atoms with Crippen LogP contribution in [0.5, 0.6) is 0 Å². The quantitative estimate of drug-likeness (QED) is 0.843. The van der Waals surface area contributed by atoms with Gasteiger partial charge in [0.2, 0.25) is 5.91 Å². The summed E-state index contributed by atoms with van der Waals surface area (Å²) in [5.41, 5.74) is 0. The monoisotopic (exact) mass is 358 g/mol. The van der Waals surface area contributed by atoms with Crippen LogP contribution in [0.1, 0.15) is 43.9 Å². The van der Waals surface area contributed by atoms with Gasteiger partial charge in [-0.05, 0) is 44.6 Å². The number of hydrogen-bond acceptors (Lipinski definition) is 5. The molecule has 0 aliphatic carbocycles. The van der Waals surface area contributed by atoms with Gasteiger partial charge in [0.1, 0.15) is 17.0 Å². The lowest BCUT2D eigenvalue weighted by molar-refractivity contribution is -0.136. The average Bonchev–Trinajstić information content (AvgIpc) is 3.11. The molecule has 0 bridgehead atoms. The first-order valence-electron chi connectivity index (χ1n) is 9.53. The van der Waals surface area contributed by atoms with Crippen LogP contribution in [-0.4, -0.2) is 47.0 Å². The maximum atomic E-state index is 12.9. The van der Waals surface area contributed by atoms with Crippen LogP contribution < -0.4 is 4.90 Å². The molecule has 2 aliphatic heterocycles. The maximum Gasteiger partial charge on any atom is 0.227 e. The predicted octanol–water partition coefficient (Wildman–Crippen LogP) is 3.48. The molecule has 25 heavy (non-hydrogen) atoms. The van der Waals surface area contributed by atoms with Gasteiger partial charge in [-0.3, -0.25) is 4.79 Å². The Labute approximate surface area is 153 Å². The Morgan fingerprint density at radius 2 is 2.04 bits per heavy atom. The Hall–Kier alpha value is -1.69. The summed E-state index contributed by atoms with van der Waals surface area (Å²) in [6.07, 6.45) is 8.33. The van der Waals surface area contributed by atoms with E-state index in [2.05, 4.69) is 32.8 Å². The molecule has 0 N–H and O–H groups in total. The highest BCUT2D eigenvalue weighted by molar-refractivity contribution is 7.18. The molecule has 4 rings (SSSR count). The van der Waals surface area contributed by atoms with Crippen LogP contribution in [0.2, 0.25) is 0 Å². The summed E-state index contributed by atoms with van der Waals surface area (Å²) in [6.45, 7) is 5.83. The molecule has 134 valence electrons. The zero-order chi connectivity index (χ0) is 17.2. The van der Waals surface area contributed by atoms with E-state index in [0.717, 1.165) is 74.3 Å². The first-order valence-corrected chi connectivity index (χ1v) is 10.3. The fraction of sp³-hybridized carbons (Fsp3) is 0.632. The van der Waals surface area contributed by atoms with Gasteiger partial charge in [0.05, 0.1) is 11.3 Å². The summed E-state index contributed by atoms with van der Waals surface area (Å²) in [7, 11) is 0. The number of carbonyl (C=O) groups is 1. The molecule has 4 heterocycles. The third-order valence-electron chi connectivity index (χ3n) is 5.45. The Morgan fingerprint density at radius 1 is 1.20 bits per heavy atom. The molecule has 2 fully saturated rings. The number of carbonyl (C=O) groups excluding carboxylic acids is 1. The van der Waals surface area contributed by atoms with Gasteiger partial charge in [-0.15, -0.1) is 11.3 Å². The van der Waals surface area contributed by atoms with Gasteiger partial charge in [0, 0.05) is 31.1 Å². The minimum Gasteiger partial charge on any atom is -0.355 e. The van der Waals surface area contributed by atoms with Crippen molar-refractivity contribution in [1.82, 2.24) is 14.9 Å². The summed E-state index contributed by atoms with van der Waals surface area (Å²) in [6, 6.07) is 2.23. The molecule has 2 aliphatic rings. The van der Waals surface area contributed by atoms with Crippen LogP contribution in [0.25, 0.3) is 10.2 Å². The average molecular weight is 359 g/mol. The molecule has 1 unspecified atom stereocenters. The van der Waals surface area contributed by atoms with E-state index in [1.165, 1.54) is 11.3 Å². The standard InChI is InChI=1S/C19H26N4OS/c1-2-15-11-16-17(20-13-21-18(16)25-15)23-10-6-7-14(12-23)19(24)22-8-4-3-5-9-22/h11,13-14H,2-10,12H2,1H3. The smallest absolute Gasteiger partial charge is 0.227 e. The maximum absolute atomic E-state index is 12.9. The summed E-state index contributed by atoms with van der Waals surface area (Å²) < 4.78 is 0. The van der Waals surface area contributed by atoms with Crippen molar-refractivity contribution in [3.05, 3.63) is 17.3 Å². The first-order chi connectivity index (χ1) is 12.3. The number of aryl methyl sites for hydroxylation is 1. The van der Waals surface area contributed by atoms with Gasteiger partial charge in [0.15, 0.2) is 0 Å². The number of hydrogen-bond donors (Lipinski definition) is 0. The lowest BCUT2D eigenvalue weighted by Crippen LogP contribution is -2.46. The highest BCUT2D eigenvalue weighted by Gasteiger charge is 2.31. The minimum atomic E-state index is 0.112. The third kappa shape index (κ3) is 3.36. The number of amides is 1. The van der Waals surface area contributed by atoms with Gasteiger partial charge >= 0.3 is 0 Å². The van der Waals surface area contributed by atoms with E-state index < -0.39 is 0 Å². The van der Waals surface area contributed by atoms with Crippen molar-refractivity contribution in [2.24, 2.45) is 5.92 Å². The molecule has 2 aromatic heterocycles. The Kier molecular flexibility index (Phi) is 4.88. The Balaban J connectivity index is 1.55. The first kappa shape index (κ1) is 16.8. The van der Waals surface area contributed by atoms with Gasteiger partial charge in [-0.2, -0.15) is 0 Å². The van der Waals surface area contributed by atoms with Gasteiger partial charge in [-0.1, -0.05) is 6.92 Å². The topological polar surface area (TPSA) is 49.3 Å². The zero-order valence-corrected chi connectivity index (χ0v) is 15.7. The summed E-state index contributed by atoms with van der Waals surface area (Å²) in [5.74, 6) is 1.48. The number of aromatic nitrogens is 2. The van der Waals surface area contributed by atoms with E-state index in [9.17, 15) is 4.79 Å². The summed E-state index contributed by atoms with van der Waals surface area (Å²) >= 11 is 1.75. The van der Waals surface area contributed by atoms with Crippen molar-refractivity contribution >= 4 is 33.3 Å². The van der Waals surface area contributed by atoms with Crippen LogP contribution >= 0.6 is 11.3 Å². The molecule has 2 aromatic rings. The number of fused-ring (bicyclic) bond motifs is 1. The van der Waals surface area contributed by atoms with Crippen molar-refractivity contribution in [3.8, 4) is 0 Å².